The van der Waals surface area contributed by atoms with Crippen molar-refractivity contribution in [2.24, 2.45) is 29.6 Å². The van der Waals surface area contributed by atoms with Gasteiger partial charge in [0.1, 0.15) is 88.6 Å². The van der Waals surface area contributed by atoms with Gasteiger partial charge >= 0.3 is 0 Å². The fourth-order valence-electron chi connectivity index (χ4n) is 18.1. The summed E-state index contributed by atoms with van der Waals surface area (Å²) in [4.78, 5) is 43.1. The number of nitrogens with two attached hydrogens (primary N) is 5. The van der Waals surface area contributed by atoms with E-state index in [0.29, 0.717) is 108 Å². The van der Waals surface area contributed by atoms with Crippen molar-refractivity contribution in [2.45, 2.75) is 193 Å². The zero-order valence-corrected chi connectivity index (χ0v) is 87.7. The number of pyridine rings is 5. The molecule has 5 aliphatic rings. The molecule has 5 unspecified atom stereocenters. The minimum atomic E-state index is -1.30. The molecule has 45 heteroatoms. The van der Waals surface area contributed by atoms with Crippen LogP contribution in [0.2, 0.25) is 0 Å². The number of imidazole rings is 5. The van der Waals surface area contributed by atoms with Crippen LogP contribution in [0.4, 0.5) is 28.4 Å². The van der Waals surface area contributed by atoms with Gasteiger partial charge in [0, 0.05) is 59.3 Å². The fraction of sp³-hybridized carbons (Fsp3) is 0.593. The number of aliphatic hydroxyl groups excluding tert-OH is 10. The van der Waals surface area contributed by atoms with Gasteiger partial charge in [0.2, 0.25) is 0 Å². The van der Waals surface area contributed by atoms with Crippen LogP contribution in [0.1, 0.15) is 86.0 Å². The van der Waals surface area contributed by atoms with E-state index in [9.17, 15) is 51.1 Å². The van der Waals surface area contributed by atoms with E-state index in [1.807, 2.05) is 47.8 Å². The van der Waals surface area contributed by atoms with Gasteiger partial charge in [-0.15, -0.1) is 65.9 Å². The summed E-state index contributed by atoms with van der Waals surface area (Å²) in [6.07, 6.45) is 20.0. The van der Waals surface area contributed by atoms with Crippen molar-refractivity contribution in [3.63, 3.8) is 0 Å². The summed E-state index contributed by atoms with van der Waals surface area (Å²) in [5.74, 6) is 2.05. The summed E-state index contributed by atoms with van der Waals surface area (Å²) in [6, 6.07) is 8.45. The Morgan fingerprint density at radius 2 is 0.641 bits per heavy atom. The maximum absolute atomic E-state index is 10.8. The topological polar surface area (TPSA) is 535 Å². The lowest BCUT2D eigenvalue weighted by Crippen LogP contribution is -2.36. The van der Waals surface area contributed by atoms with Crippen LogP contribution < -0.4 is 28.7 Å². The van der Waals surface area contributed by atoms with Gasteiger partial charge in [-0.2, -0.15) is 0 Å². The quantitative estimate of drug-likeness (QED) is 0.0104. The van der Waals surface area contributed by atoms with Crippen LogP contribution in [0, 0.1) is 38.2 Å². The van der Waals surface area contributed by atoms with Crippen LogP contribution in [0.25, 0.3) is 55.8 Å². The smallest absolute Gasteiger partial charge is 0.181 e. The Balaban J connectivity index is 0.000000158. The van der Waals surface area contributed by atoms with Crippen molar-refractivity contribution in [3.8, 4) is 0 Å². The lowest BCUT2D eigenvalue weighted by atomic mass is 10.0. The molecular weight excluding hydrogens is 1960 g/mol. The first-order chi connectivity index (χ1) is 61.1. The Hall–Kier alpha value is -5.00. The van der Waals surface area contributed by atoms with Gasteiger partial charge in [-0.05, 0) is 188 Å². The summed E-state index contributed by atoms with van der Waals surface area (Å²) in [5.41, 5.74) is 38.3. The molecule has 0 aromatic carbocycles. The van der Waals surface area contributed by atoms with Crippen molar-refractivity contribution in [3.05, 3.63) is 69.9 Å². The number of nitrogen functional groups attached to an aromatic ring is 5. The maximum atomic E-state index is 10.8. The second-order valence-electron chi connectivity index (χ2n) is 38.6. The molecule has 0 bridgehead atoms. The number of aromatic nitrogens is 15. The third kappa shape index (κ3) is 24.3. The van der Waals surface area contributed by atoms with E-state index >= 15 is 0 Å². The average molecular weight is 2100 g/mol. The Morgan fingerprint density at radius 3 is 0.931 bits per heavy atom. The first kappa shape index (κ1) is 106. The number of nitrogens with one attached hydrogen (secondary N) is 1. The van der Waals surface area contributed by atoms with E-state index in [1.54, 1.807) is 95.9 Å². The van der Waals surface area contributed by atoms with Crippen LogP contribution in [-0.2, 0) is 23.7 Å². The highest BCUT2D eigenvalue weighted by Crippen LogP contribution is 2.51. The molecule has 5 aliphatic heterocycles. The minimum Gasteiger partial charge on any atom is -0.397 e. The standard InChI is InChI=1S/C19H31N4O3PS.C18H29N4O3PS.C17H27N4O3PS.C16H24IN4O3P.C16H25N4O3PS/c1-6-9-28-19-22-13-12(20)7-8-21-17(13)23(19)18-15(25)14(24)16(26-18)11(2)10-27(3,4)5;1-6-27-18-21-12-11(19)7-8-20-16(12)22(18)17-14(24)13(23)15(25-17)10(2)9-26(3,4)5;1-9(8-25(2,3)4)14-12(22)13(23)16(24-14)21-15-11(20-17(21)26-5)10(18)6-7-19-15;1-8(7-25(2,3)4)13-11(22)12(23)15(24-13)21-14-10(20-16(21)17)9(18)5-6-19-14;1-8(7-24(2,3)4)13-11(21)12(22)15(23-13)20-14-10(19-16(20)25)9(17)5-6-18-14/h7-8,11,14-16,18,24-25H,3,6,9-10H2,1-2,4-5H3,(H2,20,21);7-8,10,13-15,17,23-24H,3,6,9H2,1-2,4-5H3,(H2,19,20);6-7,9,12-14,16,22-23H,2,8H2,1,3-5H3,(H2,18,19);5-6,8,11-13,15,22-23H,2,7H2,1,3-4H3,(H2,18,19);5-6,8,11-13,15,21-22H,2,7H2,1,3-4H3,(H2,17,18)(H,19,25)/t11?,14-,15+,16+,18+;10?,13-,14+,15+,17+;9?,12-,13+,14+,16+;2*8?,11-,12+,13+,15+/m00000/s1. The Bertz CT molecular complexity index is 5980. The number of fused-ring (bicyclic) bond motifs is 5. The molecule has 25 atom stereocenters. The lowest BCUT2D eigenvalue weighted by Gasteiger charge is -2.26. The van der Waals surface area contributed by atoms with Gasteiger partial charge in [-0.3, -0.25) is 22.8 Å². The first-order valence-corrected chi connectivity index (χ1v) is 63.3. The predicted octanol–water partition coefficient (Wildman–Crippen LogP) is 9.49. The molecule has 35 nitrogen and oxygen atoms in total. The normalized spacial score (nSPS) is 27.8. The summed E-state index contributed by atoms with van der Waals surface area (Å²) in [5, 5.41) is 109. The van der Waals surface area contributed by atoms with Gasteiger partial charge in [-0.25, -0.2) is 44.9 Å². The number of aliphatic hydroxyl groups is 10. The van der Waals surface area contributed by atoms with Crippen LogP contribution in [0.5, 0.6) is 0 Å². The van der Waals surface area contributed by atoms with Crippen molar-refractivity contribution in [1.29, 1.82) is 0 Å². The molecule has 131 heavy (non-hydrogen) atoms. The lowest BCUT2D eigenvalue weighted by molar-refractivity contribution is -0.0527. The van der Waals surface area contributed by atoms with Gasteiger partial charge in [-0.1, -0.05) is 83.8 Å². The molecule has 0 spiro atoms. The Kier molecular flexibility index (Phi) is 35.1. The van der Waals surface area contributed by atoms with Crippen LogP contribution >= 0.6 is 105 Å². The number of anilines is 5. The van der Waals surface area contributed by atoms with E-state index in [4.69, 9.17) is 64.6 Å². The molecule has 10 aromatic heterocycles. The van der Waals surface area contributed by atoms with Crippen LogP contribution in [0.15, 0.2) is 76.8 Å². The molecular formula is C86H136IN20O15P5S4. The number of ether oxygens (including phenoxy) is 5. The van der Waals surface area contributed by atoms with E-state index in [1.165, 1.54) is 23.5 Å². The van der Waals surface area contributed by atoms with Crippen molar-refractivity contribution in [2.75, 3.05) is 144 Å². The van der Waals surface area contributed by atoms with Gasteiger partial charge in [0.25, 0.3) is 0 Å². The molecule has 15 rings (SSSR count). The number of thioether (sulfide) groups is 3. The number of halogens is 1. The first-order valence-electron chi connectivity index (χ1n) is 43.4. The highest BCUT2D eigenvalue weighted by Gasteiger charge is 2.53. The van der Waals surface area contributed by atoms with Crippen LogP contribution in [0.3, 0.4) is 0 Å². The summed E-state index contributed by atoms with van der Waals surface area (Å²) >= 11 is 11.9. The van der Waals surface area contributed by atoms with Crippen molar-refractivity contribution in [1.82, 2.24) is 72.7 Å². The number of H-pyrrole nitrogens is 1. The van der Waals surface area contributed by atoms with Crippen molar-refractivity contribution < 1.29 is 74.7 Å². The Labute approximate surface area is 798 Å². The predicted molar refractivity (Wildman–Crippen MR) is 558 cm³/mol. The Morgan fingerprint density at radius 1 is 0.389 bits per heavy atom. The number of hydrogen-bond donors (Lipinski definition) is 16. The average Bonchev–Trinajstić information content (AvgIpc) is 1.62. The number of hydrogen-bond acceptors (Lipinski definition) is 33. The summed E-state index contributed by atoms with van der Waals surface area (Å²) in [6.45, 7) is 29.4. The monoisotopic (exact) mass is 2100 g/mol. The molecule has 5 fully saturated rings. The molecule has 0 radical (unpaired) electrons. The summed E-state index contributed by atoms with van der Waals surface area (Å²) in [7, 11) is 0. The number of rotatable bonds is 26. The highest BCUT2D eigenvalue weighted by atomic mass is 127. The SMILES string of the molecule is C=P(C)(C)CC(C)[C@H]1O[C@@H](n2c(=S)[nH]c3c(N)ccnc32)[C@H](O)[C@@H]1O.C=P(C)(C)CC(C)[C@H]1O[C@@H](n2c(I)nc3c(N)ccnc32)[C@H](O)[C@@H]1O.C=P(C)(C)CC(C)[C@H]1O[C@@H](n2c(SC)nc3c(N)ccnc32)[C@H](O)[C@@H]1O.C=P(C)(C)CC(C)[C@H]1O[C@@H](n2c(SCC)nc3c(N)ccnc32)[C@H](O)[C@@H]1O.C=P(C)(C)CC(C)[C@H]1O[C@@H](n2c(SCCC)nc3c(N)ccnc32)[C@H](O)[C@@H]1O. The second kappa shape index (κ2) is 43.2. The number of aromatic amines is 1. The molecule has 726 valence electrons. The van der Waals surface area contributed by atoms with Gasteiger partial charge in [0.15, 0.2) is 83.4 Å². The summed E-state index contributed by atoms with van der Waals surface area (Å²) < 4.78 is 40.2. The zero-order chi connectivity index (χ0) is 96.8. The third-order valence-corrected chi connectivity index (χ3v) is 34.7. The largest absolute Gasteiger partial charge is 0.397 e. The maximum Gasteiger partial charge on any atom is 0.181 e. The molecule has 10 aromatic rings. The molecule has 21 N–H and O–H groups in total. The van der Waals surface area contributed by atoms with Gasteiger partial charge in [0.05, 0.1) is 59.0 Å². The molecule has 5 saturated heterocycles. The zero-order valence-electron chi connectivity index (χ0n) is 77.8. The van der Waals surface area contributed by atoms with Crippen molar-refractivity contribution >= 4 is 220 Å². The molecule has 0 saturated carbocycles. The van der Waals surface area contributed by atoms with E-state index in [2.05, 4.69) is 177 Å². The minimum absolute atomic E-state index is 0.0629. The highest BCUT2D eigenvalue weighted by molar-refractivity contribution is 14.1. The molecule has 15 heterocycles. The van der Waals surface area contributed by atoms with E-state index in [0.717, 1.165) is 48.7 Å². The van der Waals surface area contributed by atoms with E-state index in [-0.39, 0.29) is 29.6 Å². The molecule has 0 amide bonds. The van der Waals surface area contributed by atoms with Crippen LogP contribution in [-0.4, -0.2) is 362 Å². The van der Waals surface area contributed by atoms with Gasteiger partial charge < -0.3 is 108 Å². The molecule has 0 aliphatic carbocycles. The fourth-order valence-corrected chi connectivity index (χ4v) is 30.1. The van der Waals surface area contributed by atoms with E-state index < -0.39 is 157 Å². The number of nitrogens with zero attached hydrogens (tertiary/aromatic N) is 14. The third-order valence-electron chi connectivity index (χ3n) is 23.2. The second-order valence-corrected chi connectivity index (χ2v) is 64.2.